The Balaban J connectivity index is 1.40. The number of hydrogen-bond donors (Lipinski definition) is 2. The molecule has 5 nitrogen and oxygen atoms in total. The molecule has 0 heterocycles. The average Bonchev–Trinajstić information content (AvgIpc) is 2.64. The van der Waals surface area contributed by atoms with Crippen molar-refractivity contribution in [2.45, 2.75) is 45.4 Å². The largest absolute Gasteiger partial charge is 0.493 e. The van der Waals surface area contributed by atoms with E-state index in [0.717, 1.165) is 23.4 Å². The van der Waals surface area contributed by atoms with Crippen LogP contribution in [-0.4, -0.2) is 25.0 Å². The van der Waals surface area contributed by atoms with Crippen molar-refractivity contribution in [1.29, 1.82) is 0 Å². The van der Waals surface area contributed by atoms with E-state index in [9.17, 15) is 0 Å². The summed E-state index contributed by atoms with van der Waals surface area (Å²) in [6.07, 6.45) is 8.27. The van der Waals surface area contributed by atoms with Crippen molar-refractivity contribution in [3.8, 4) is 11.5 Å². The Morgan fingerprint density at radius 3 is 2.19 bits per heavy atom. The first-order valence-electron chi connectivity index (χ1n) is 9.85. The Morgan fingerprint density at radius 1 is 1.04 bits per heavy atom. The number of hydrazone groups is 1. The molecular weight excluding hydrogens is 358 g/mol. The van der Waals surface area contributed by atoms with Gasteiger partial charge >= 0.3 is 0 Å². The van der Waals surface area contributed by atoms with Crippen molar-refractivity contribution < 1.29 is 9.47 Å². The smallest absolute Gasteiger partial charge is 0.191 e. The van der Waals surface area contributed by atoms with Gasteiger partial charge in [-0.3, -0.25) is 5.43 Å². The molecule has 27 heavy (non-hydrogen) atoms. The van der Waals surface area contributed by atoms with E-state index in [2.05, 4.69) is 17.7 Å². The predicted molar refractivity (Wildman–Crippen MR) is 113 cm³/mol. The summed E-state index contributed by atoms with van der Waals surface area (Å²) >= 11 is 5.44. The molecule has 0 saturated heterocycles. The number of nitrogens with one attached hydrogen (secondary N) is 2. The van der Waals surface area contributed by atoms with Crippen LogP contribution in [0.25, 0.3) is 0 Å². The maximum atomic E-state index is 5.44. The number of rotatable bonds is 5. The SMILES string of the molecule is COc1ccc(NC(=S)N/N=C(/C)C23CC4CC(CC(C4)C2)C3)cc1OC. The van der Waals surface area contributed by atoms with Gasteiger partial charge in [0, 0.05) is 22.9 Å². The summed E-state index contributed by atoms with van der Waals surface area (Å²) in [5.74, 6) is 4.10. The van der Waals surface area contributed by atoms with Crippen LogP contribution in [0.1, 0.15) is 45.4 Å². The summed E-state index contributed by atoms with van der Waals surface area (Å²) < 4.78 is 10.6. The number of thiocarbonyl (C=S) groups is 1. The lowest BCUT2D eigenvalue weighted by Gasteiger charge is -2.56. The molecule has 1 aromatic rings. The van der Waals surface area contributed by atoms with Gasteiger partial charge in [0.2, 0.25) is 0 Å². The van der Waals surface area contributed by atoms with Gasteiger partial charge in [0.05, 0.1) is 14.2 Å². The van der Waals surface area contributed by atoms with Gasteiger partial charge in [-0.2, -0.15) is 5.10 Å². The summed E-state index contributed by atoms with van der Waals surface area (Å²) in [7, 11) is 3.25. The Morgan fingerprint density at radius 2 is 1.63 bits per heavy atom. The van der Waals surface area contributed by atoms with Gasteiger partial charge in [-0.15, -0.1) is 0 Å². The second kappa shape index (κ2) is 7.30. The van der Waals surface area contributed by atoms with Crippen LogP contribution in [0, 0.1) is 23.2 Å². The number of methoxy groups -OCH3 is 2. The van der Waals surface area contributed by atoms with E-state index in [0.29, 0.717) is 22.0 Å². The maximum absolute atomic E-state index is 5.44. The van der Waals surface area contributed by atoms with E-state index in [1.807, 2.05) is 18.2 Å². The second-order valence-electron chi connectivity index (χ2n) is 8.53. The summed E-state index contributed by atoms with van der Waals surface area (Å²) in [5.41, 5.74) is 5.43. The molecule has 2 N–H and O–H groups in total. The molecular formula is C21H29N3O2S. The first kappa shape index (κ1) is 18.5. The molecule has 4 aliphatic carbocycles. The highest BCUT2D eigenvalue weighted by Gasteiger charge is 2.52. The number of benzene rings is 1. The molecule has 0 amide bonds. The van der Waals surface area contributed by atoms with Crippen molar-refractivity contribution in [3.05, 3.63) is 18.2 Å². The molecule has 5 rings (SSSR count). The first-order valence-corrected chi connectivity index (χ1v) is 10.3. The Hall–Kier alpha value is -1.82. The van der Waals surface area contributed by atoms with Crippen LogP contribution in [0.3, 0.4) is 0 Å². The molecule has 6 heteroatoms. The van der Waals surface area contributed by atoms with Crippen LogP contribution in [0.15, 0.2) is 23.3 Å². The second-order valence-corrected chi connectivity index (χ2v) is 8.94. The van der Waals surface area contributed by atoms with Gasteiger partial charge in [0.15, 0.2) is 16.6 Å². The third-order valence-electron chi connectivity index (χ3n) is 6.77. The maximum Gasteiger partial charge on any atom is 0.191 e. The zero-order valence-electron chi connectivity index (χ0n) is 16.4. The summed E-state index contributed by atoms with van der Waals surface area (Å²) in [5, 5.41) is 8.36. The van der Waals surface area contributed by atoms with E-state index in [1.165, 1.54) is 44.2 Å². The zero-order chi connectivity index (χ0) is 19.0. The fraction of sp³-hybridized carbons (Fsp3) is 0.619. The molecule has 1 aromatic carbocycles. The normalized spacial score (nSPS) is 31.5. The lowest BCUT2D eigenvalue weighted by Crippen LogP contribution is -2.49. The number of ether oxygens (including phenoxy) is 2. The lowest BCUT2D eigenvalue weighted by atomic mass is 9.48. The highest BCUT2D eigenvalue weighted by atomic mass is 32.1. The van der Waals surface area contributed by atoms with Gasteiger partial charge in [-0.25, -0.2) is 0 Å². The van der Waals surface area contributed by atoms with Gasteiger partial charge in [0.1, 0.15) is 0 Å². The Bertz CT molecular complexity index is 727. The Labute approximate surface area is 166 Å². The third kappa shape index (κ3) is 3.64. The molecule has 0 unspecified atom stereocenters. The van der Waals surface area contributed by atoms with E-state index >= 15 is 0 Å². The third-order valence-corrected chi connectivity index (χ3v) is 6.97. The molecule has 4 fully saturated rings. The van der Waals surface area contributed by atoms with E-state index in [1.54, 1.807) is 14.2 Å². The Kier molecular flexibility index (Phi) is 5.01. The molecule has 4 bridgehead atoms. The minimum Gasteiger partial charge on any atom is -0.493 e. The summed E-state index contributed by atoms with van der Waals surface area (Å²) in [6, 6.07) is 5.63. The van der Waals surface area contributed by atoms with E-state index < -0.39 is 0 Å². The van der Waals surface area contributed by atoms with Crippen LogP contribution < -0.4 is 20.2 Å². The molecule has 0 aliphatic heterocycles. The van der Waals surface area contributed by atoms with Crippen LogP contribution >= 0.6 is 12.2 Å². The quantitative estimate of drug-likeness (QED) is 0.440. The van der Waals surface area contributed by atoms with Crippen LogP contribution in [0.5, 0.6) is 11.5 Å². The van der Waals surface area contributed by atoms with Gasteiger partial charge < -0.3 is 14.8 Å². The highest BCUT2D eigenvalue weighted by Crippen LogP contribution is 2.60. The number of hydrogen-bond acceptors (Lipinski definition) is 4. The predicted octanol–water partition coefficient (Wildman–Crippen LogP) is 4.58. The van der Waals surface area contributed by atoms with Crippen molar-refractivity contribution in [3.63, 3.8) is 0 Å². The minimum atomic E-state index is 0.306. The summed E-state index contributed by atoms with van der Waals surface area (Å²) in [6.45, 7) is 2.18. The monoisotopic (exact) mass is 387 g/mol. The van der Waals surface area contributed by atoms with Gasteiger partial charge in [-0.1, -0.05) is 0 Å². The van der Waals surface area contributed by atoms with Crippen LogP contribution in [0.2, 0.25) is 0 Å². The standard InChI is InChI=1S/C21H29N3O2S/c1-13(21-10-14-6-15(11-21)8-16(7-14)12-21)23-24-20(27)22-17-4-5-18(25-2)19(9-17)26-3/h4-5,9,14-16H,6-8,10-12H2,1-3H3,(H2,22,24,27)/b23-13-. The molecule has 0 radical (unpaired) electrons. The number of nitrogens with zero attached hydrogens (tertiary/aromatic N) is 1. The van der Waals surface area contributed by atoms with Crippen molar-refractivity contribution in [2.24, 2.45) is 28.3 Å². The van der Waals surface area contributed by atoms with Gasteiger partial charge in [0.25, 0.3) is 0 Å². The lowest BCUT2D eigenvalue weighted by molar-refractivity contribution is -0.0128. The molecule has 0 aromatic heterocycles. The van der Waals surface area contributed by atoms with E-state index in [4.69, 9.17) is 26.8 Å². The molecule has 0 atom stereocenters. The number of anilines is 1. The zero-order valence-corrected chi connectivity index (χ0v) is 17.2. The molecule has 0 spiro atoms. The fourth-order valence-electron chi connectivity index (χ4n) is 5.88. The van der Waals surface area contributed by atoms with Crippen LogP contribution in [0.4, 0.5) is 5.69 Å². The summed E-state index contributed by atoms with van der Waals surface area (Å²) in [4.78, 5) is 0. The van der Waals surface area contributed by atoms with E-state index in [-0.39, 0.29) is 0 Å². The van der Waals surface area contributed by atoms with Crippen molar-refractivity contribution in [1.82, 2.24) is 5.43 Å². The van der Waals surface area contributed by atoms with Gasteiger partial charge in [-0.05, 0) is 87.6 Å². The van der Waals surface area contributed by atoms with Crippen molar-refractivity contribution in [2.75, 3.05) is 19.5 Å². The molecule has 146 valence electrons. The molecule has 4 aliphatic rings. The topological polar surface area (TPSA) is 54.9 Å². The average molecular weight is 388 g/mol. The molecule has 4 saturated carbocycles. The minimum absolute atomic E-state index is 0.306. The van der Waals surface area contributed by atoms with Crippen LogP contribution in [-0.2, 0) is 0 Å². The first-order chi connectivity index (χ1) is 13.0. The highest BCUT2D eigenvalue weighted by molar-refractivity contribution is 7.80. The fourth-order valence-corrected chi connectivity index (χ4v) is 6.04. The van der Waals surface area contributed by atoms with Crippen molar-refractivity contribution >= 4 is 28.7 Å².